The van der Waals surface area contributed by atoms with Crippen LogP contribution < -0.4 is 10.1 Å². The molecule has 0 aromatic heterocycles. The Labute approximate surface area is 120 Å². The van der Waals surface area contributed by atoms with Crippen molar-refractivity contribution in [3.05, 3.63) is 35.5 Å². The summed E-state index contributed by atoms with van der Waals surface area (Å²) in [6, 6.07) is 6.34. The van der Waals surface area contributed by atoms with E-state index in [0.717, 1.165) is 10.5 Å². The van der Waals surface area contributed by atoms with Gasteiger partial charge in [0.1, 0.15) is 11.4 Å². The maximum absolute atomic E-state index is 12.0. The van der Waals surface area contributed by atoms with Crippen molar-refractivity contribution in [2.75, 3.05) is 13.7 Å². The van der Waals surface area contributed by atoms with Gasteiger partial charge < -0.3 is 15.2 Å². The van der Waals surface area contributed by atoms with E-state index in [1.165, 1.54) is 6.08 Å². The van der Waals surface area contributed by atoms with Crippen LogP contribution in [-0.2, 0) is 9.59 Å². The Morgan fingerprint density at radius 2 is 2.00 bits per heavy atom. The van der Waals surface area contributed by atoms with Gasteiger partial charge in [0.05, 0.1) is 13.5 Å². The minimum absolute atomic E-state index is 0.121. The number of hydrogen-bond donors (Lipinski definition) is 2. The van der Waals surface area contributed by atoms with E-state index in [2.05, 4.69) is 5.32 Å². The van der Waals surface area contributed by atoms with Gasteiger partial charge in [-0.1, -0.05) is 12.1 Å². The van der Waals surface area contributed by atoms with Crippen LogP contribution in [0.25, 0.3) is 6.08 Å². The van der Waals surface area contributed by atoms with Crippen molar-refractivity contribution in [1.29, 1.82) is 0 Å². The highest BCUT2D eigenvalue weighted by atomic mass is 16.5. The summed E-state index contributed by atoms with van der Waals surface area (Å²) < 4.78 is 5.03. The number of methoxy groups -OCH3 is 1. The molecule has 0 spiro atoms. The topological polar surface area (TPSA) is 95.9 Å². The molecule has 7 nitrogen and oxygen atoms in total. The van der Waals surface area contributed by atoms with Gasteiger partial charge in [0, 0.05) is 6.54 Å². The van der Waals surface area contributed by atoms with E-state index in [0.29, 0.717) is 5.75 Å². The number of carboxylic acid groups (broad SMARTS) is 1. The lowest BCUT2D eigenvalue weighted by molar-refractivity contribution is -0.137. The van der Waals surface area contributed by atoms with Gasteiger partial charge in [-0.2, -0.15) is 0 Å². The molecule has 2 N–H and O–H groups in total. The number of nitrogens with one attached hydrogen (secondary N) is 1. The number of carboxylic acids is 1. The fourth-order valence-corrected chi connectivity index (χ4v) is 1.85. The lowest BCUT2D eigenvalue weighted by Gasteiger charge is -2.09. The van der Waals surface area contributed by atoms with Gasteiger partial charge in [-0.15, -0.1) is 0 Å². The quantitative estimate of drug-likeness (QED) is 0.624. The third-order valence-electron chi connectivity index (χ3n) is 2.94. The molecular weight excluding hydrogens is 276 g/mol. The number of benzene rings is 1. The van der Waals surface area contributed by atoms with Crippen molar-refractivity contribution in [3.63, 3.8) is 0 Å². The largest absolute Gasteiger partial charge is 0.497 e. The maximum Gasteiger partial charge on any atom is 0.329 e. The van der Waals surface area contributed by atoms with Crippen LogP contribution in [0.2, 0.25) is 0 Å². The molecule has 1 aromatic rings. The zero-order valence-electron chi connectivity index (χ0n) is 11.3. The van der Waals surface area contributed by atoms with E-state index in [9.17, 15) is 14.4 Å². The zero-order valence-corrected chi connectivity index (χ0v) is 11.3. The first-order valence-electron chi connectivity index (χ1n) is 6.21. The third-order valence-corrected chi connectivity index (χ3v) is 2.94. The monoisotopic (exact) mass is 290 g/mol. The second kappa shape index (κ2) is 6.08. The van der Waals surface area contributed by atoms with Crippen molar-refractivity contribution in [2.45, 2.75) is 6.42 Å². The van der Waals surface area contributed by atoms with Gasteiger partial charge in [0.25, 0.3) is 5.91 Å². The molecule has 0 atom stereocenters. The van der Waals surface area contributed by atoms with E-state index < -0.39 is 17.9 Å². The summed E-state index contributed by atoms with van der Waals surface area (Å²) in [5.41, 5.74) is 0.843. The Morgan fingerprint density at radius 3 is 2.57 bits per heavy atom. The molecule has 1 heterocycles. The molecule has 1 fully saturated rings. The van der Waals surface area contributed by atoms with Crippen LogP contribution in [0.3, 0.4) is 0 Å². The molecule has 1 aliphatic heterocycles. The molecule has 2 rings (SSSR count). The minimum atomic E-state index is -1.07. The van der Waals surface area contributed by atoms with Gasteiger partial charge in [-0.05, 0) is 23.8 Å². The fraction of sp³-hybridized carbons (Fsp3) is 0.214. The average Bonchev–Trinajstić information content (AvgIpc) is 2.72. The highest BCUT2D eigenvalue weighted by Gasteiger charge is 2.33. The van der Waals surface area contributed by atoms with Crippen LogP contribution in [0.15, 0.2) is 30.0 Å². The van der Waals surface area contributed by atoms with E-state index in [4.69, 9.17) is 9.84 Å². The Kier molecular flexibility index (Phi) is 4.22. The van der Waals surface area contributed by atoms with E-state index >= 15 is 0 Å². The normalized spacial score (nSPS) is 16.2. The summed E-state index contributed by atoms with van der Waals surface area (Å²) in [6.07, 6.45) is 1.25. The summed E-state index contributed by atoms with van der Waals surface area (Å²) in [4.78, 5) is 35.0. The molecule has 0 radical (unpaired) electrons. The SMILES string of the molecule is COc1ccc(C=C2NC(=O)N(CCC(=O)O)C2=O)cc1. The highest BCUT2D eigenvalue weighted by molar-refractivity contribution is 6.14. The Morgan fingerprint density at radius 1 is 1.33 bits per heavy atom. The highest BCUT2D eigenvalue weighted by Crippen LogP contribution is 2.17. The van der Waals surface area contributed by atoms with Gasteiger partial charge in [0.15, 0.2) is 0 Å². The number of amides is 3. The molecule has 21 heavy (non-hydrogen) atoms. The lowest BCUT2D eigenvalue weighted by atomic mass is 10.2. The molecule has 1 aromatic carbocycles. The number of urea groups is 1. The molecule has 7 heteroatoms. The number of aliphatic carboxylic acids is 1. The summed E-state index contributed by atoms with van der Waals surface area (Å²) in [7, 11) is 1.55. The Balaban J connectivity index is 2.13. The molecule has 1 aliphatic rings. The van der Waals surface area contributed by atoms with Gasteiger partial charge >= 0.3 is 12.0 Å². The second-order valence-corrected chi connectivity index (χ2v) is 4.36. The summed E-state index contributed by atoms with van der Waals surface area (Å²) in [6.45, 7) is -0.153. The molecule has 110 valence electrons. The Bertz CT molecular complexity index is 606. The summed E-state index contributed by atoms with van der Waals surface area (Å²) in [5, 5.41) is 11.0. The van der Waals surface area contributed by atoms with Crippen molar-refractivity contribution < 1.29 is 24.2 Å². The number of imide groups is 1. The smallest absolute Gasteiger partial charge is 0.329 e. The first-order valence-corrected chi connectivity index (χ1v) is 6.21. The molecule has 0 aliphatic carbocycles. The molecular formula is C14H14N2O5. The van der Waals surface area contributed by atoms with E-state index in [1.54, 1.807) is 31.4 Å². The van der Waals surface area contributed by atoms with Crippen LogP contribution in [0.1, 0.15) is 12.0 Å². The van der Waals surface area contributed by atoms with E-state index in [1.807, 2.05) is 0 Å². The first kappa shape index (κ1) is 14.6. The predicted molar refractivity (Wildman–Crippen MR) is 73.5 cm³/mol. The molecule has 0 saturated carbocycles. The molecule has 0 unspecified atom stereocenters. The maximum atomic E-state index is 12.0. The number of rotatable bonds is 5. The van der Waals surface area contributed by atoms with Gasteiger partial charge in [-0.3, -0.25) is 14.5 Å². The van der Waals surface area contributed by atoms with Gasteiger partial charge in [0.2, 0.25) is 0 Å². The predicted octanol–water partition coefficient (Wildman–Crippen LogP) is 1.06. The number of hydrogen-bond acceptors (Lipinski definition) is 4. The van der Waals surface area contributed by atoms with Crippen LogP contribution in [0.5, 0.6) is 5.75 Å². The number of ether oxygens (including phenoxy) is 1. The molecule has 0 bridgehead atoms. The van der Waals surface area contributed by atoms with Gasteiger partial charge in [-0.25, -0.2) is 4.79 Å². The first-order chi connectivity index (χ1) is 10.0. The van der Waals surface area contributed by atoms with Crippen molar-refractivity contribution >= 4 is 24.0 Å². The standard InChI is InChI=1S/C14H14N2O5/c1-21-10-4-2-9(3-5-10)8-11-13(19)16(14(20)15-11)7-6-12(17)18/h2-5,8H,6-7H2,1H3,(H,15,20)(H,17,18). The minimum Gasteiger partial charge on any atom is -0.497 e. The molecule has 3 amide bonds. The van der Waals surface area contributed by atoms with Crippen LogP contribution in [0, 0.1) is 0 Å². The Hall–Kier alpha value is -2.83. The zero-order chi connectivity index (χ0) is 15.4. The van der Waals surface area contributed by atoms with Crippen LogP contribution in [-0.4, -0.2) is 41.6 Å². The number of nitrogens with zero attached hydrogens (tertiary/aromatic N) is 1. The summed E-state index contributed by atoms with van der Waals surface area (Å²) >= 11 is 0. The van der Waals surface area contributed by atoms with Crippen LogP contribution in [0.4, 0.5) is 4.79 Å². The third kappa shape index (κ3) is 3.38. The van der Waals surface area contributed by atoms with Crippen molar-refractivity contribution in [3.8, 4) is 5.75 Å². The van der Waals surface area contributed by atoms with Crippen molar-refractivity contribution in [1.82, 2.24) is 10.2 Å². The number of carbonyl (C=O) groups excluding carboxylic acids is 2. The van der Waals surface area contributed by atoms with Crippen LogP contribution >= 0.6 is 0 Å². The van der Waals surface area contributed by atoms with Crippen molar-refractivity contribution in [2.24, 2.45) is 0 Å². The van der Waals surface area contributed by atoms with E-state index in [-0.39, 0.29) is 18.7 Å². The number of carbonyl (C=O) groups is 3. The molecule has 1 saturated heterocycles. The fourth-order valence-electron chi connectivity index (χ4n) is 1.85. The lowest BCUT2D eigenvalue weighted by Crippen LogP contribution is -2.32. The second-order valence-electron chi connectivity index (χ2n) is 4.36. The summed E-state index contributed by atoms with van der Waals surface area (Å²) in [5.74, 6) is -0.915. The average molecular weight is 290 g/mol.